The van der Waals surface area contributed by atoms with Crippen LogP contribution < -0.4 is 0 Å². The lowest BCUT2D eigenvalue weighted by molar-refractivity contribution is 0.602. The van der Waals surface area contributed by atoms with Crippen molar-refractivity contribution in [2.24, 2.45) is 0 Å². The molecule has 1 heterocycles. The summed E-state index contributed by atoms with van der Waals surface area (Å²) in [6, 6.07) is 10.7. The lowest BCUT2D eigenvalue weighted by atomic mass is 10.2. The third-order valence-corrected chi connectivity index (χ3v) is 4.09. The zero-order valence-electron chi connectivity index (χ0n) is 10.6. The van der Waals surface area contributed by atoms with Gasteiger partial charge in [-0.05, 0) is 30.3 Å². The average Bonchev–Trinajstić information content (AvgIpc) is 2.80. The molecule has 0 atom stereocenters. The number of aromatic amines is 1. The number of H-pyrrole nitrogens is 1. The van der Waals surface area contributed by atoms with Crippen molar-refractivity contribution in [1.29, 1.82) is 0 Å². The first-order valence-electron chi connectivity index (χ1n) is 5.89. The van der Waals surface area contributed by atoms with Gasteiger partial charge < -0.3 is 4.98 Å². The number of fused-ring (bicyclic) bond motifs is 1. The van der Waals surface area contributed by atoms with E-state index in [9.17, 15) is 12.8 Å². The Morgan fingerprint density at radius 1 is 1.15 bits per heavy atom. The third kappa shape index (κ3) is 2.30. The van der Waals surface area contributed by atoms with Gasteiger partial charge in [-0.1, -0.05) is 12.1 Å². The summed E-state index contributed by atoms with van der Waals surface area (Å²) >= 11 is 0. The van der Waals surface area contributed by atoms with Crippen molar-refractivity contribution in [3.8, 4) is 11.4 Å². The highest BCUT2D eigenvalue weighted by molar-refractivity contribution is 7.90. The Bertz CT molecular complexity index is 900. The first-order valence-corrected chi connectivity index (χ1v) is 7.78. The summed E-state index contributed by atoms with van der Waals surface area (Å²) < 4.78 is 36.2. The second kappa shape index (κ2) is 4.42. The molecule has 0 aliphatic heterocycles. The summed E-state index contributed by atoms with van der Waals surface area (Å²) in [5.41, 5.74) is 1.85. The monoisotopic (exact) mass is 290 g/mol. The molecule has 0 aliphatic rings. The minimum atomic E-state index is -3.26. The Kier molecular flexibility index (Phi) is 2.83. The number of aromatic nitrogens is 2. The highest BCUT2D eigenvalue weighted by Gasteiger charge is 2.11. The standard InChI is InChI=1S/C14H11FN2O2S/c1-20(18,19)11-5-6-12-13(8-11)17-14(16-12)9-3-2-4-10(15)7-9/h2-8H,1H3,(H,16,17). The molecular formula is C14H11FN2O2S. The van der Waals surface area contributed by atoms with Gasteiger partial charge in [-0.2, -0.15) is 0 Å². The van der Waals surface area contributed by atoms with E-state index in [0.717, 1.165) is 6.26 Å². The molecule has 4 nitrogen and oxygen atoms in total. The number of benzene rings is 2. The fourth-order valence-corrected chi connectivity index (χ4v) is 2.64. The lowest BCUT2D eigenvalue weighted by Crippen LogP contribution is -1.96. The Morgan fingerprint density at radius 3 is 2.65 bits per heavy atom. The fraction of sp³-hybridized carbons (Fsp3) is 0.0714. The molecule has 0 fully saturated rings. The van der Waals surface area contributed by atoms with Gasteiger partial charge in [0.2, 0.25) is 0 Å². The Hall–Kier alpha value is -2.21. The molecule has 0 unspecified atom stereocenters. The smallest absolute Gasteiger partial charge is 0.175 e. The molecule has 0 bridgehead atoms. The normalized spacial score (nSPS) is 11.9. The molecule has 102 valence electrons. The maximum absolute atomic E-state index is 13.2. The van der Waals surface area contributed by atoms with Crippen LogP contribution in [0.15, 0.2) is 47.4 Å². The molecule has 0 aliphatic carbocycles. The summed E-state index contributed by atoms with van der Waals surface area (Å²) in [7, 11) is -3.26. The second-order valence-corrected chi connectivity index (χ2v) is 6.56. The number of nitrogens with one attached hydrogen (secondary N) is 1. The summed E-state index contributed by atoms with van der Waals surface area (Å²) in [6.07, 6.45) is 1.15. The predicted octanol–water partition coefficient (Wildman–Crippen LogP) is 2.77. The molecule has 20 heavy (non-hydrogen) atoms. The van der Waals surface area contributed by atoms with Crippen molar-refractivity contribution >= 4 is 20.9 Å². The van der Waals surface area contributed by atoms with Gasteiger partial charge in [-0.15, -0.1) is 0 Å². The lowest BCUT2D eigenvalue weighted by Gasteiger charge is -1.96. The van der Waals surface area contributed by atoms with Crippen molar-refractivity contribution in [3.63, 3.8) is 0 Å². The zero-order chi connectivity index (χ0) is 14.3. The van der Waals surface area contributed by atoms with E-state index >= 15 is 0 Å². The van der Waals surface area contributed by atoms with Crippen LogP contribution in [-0.2, 0) is 9.84 Å². The molecule has 0 saturated heterocycles. The predicted molar refractivity (Wildman–Crippen MR) is 74.6 cm³/mol. The summed E-state index contributed by atoms with van der Waals surface area (Å²) in [5.74, 6) is 0.157. The summed E-state index contributed by atoms with van der Waals surface area (Å²) in [4.78, 5) is 7.56. The van der Waals surface area contributed by atoms with E-state index in [4.69, 9.17) is 0 Å². The molecule has 6 heteroatoms. The molecule has 0 radical (unpaired) electrons. The van der Waals surface area contributed by atoms with Crippen LogP contribution in [0, 0.1) is 5.82 Å². The minimum Gasteiger partial charge on any atom is -0.338 e. The van der Waals surface area contributed by atoms with Gasteiger partial charge in [0.15, 0.2) is 9.84 Å². The van der Waals surface area contributed by atoms with E-state index in [1.54, 1.807) is 18.2 Å². The number of halogens is 1. The van der Waals surface area contributed by atoms with Crippen LogP contribution in [0.5, 0.6) is 0 Å². The van der Waals surface area contributed by atoms with Gasteiger partial charge in [-0.3, -0.25) is 0 Å². The second-order valence-electron chi connectivity index (χ2n) is 4.55. The van der Waals surface area contributed by atoms with Crippen molar-refractivity contribution in [3.05, 3.63) is 48.3 Å². The van der Waals surface area contributed by atoms with E-state index in [2.05, 4.69) is 9.97 Å². The summed E-state index contributed by atoms with van der Waals surface area (Å²) in [5, 5.41) is 0. The van der Waals surface area contributed by atoms with Gasteiger partial charge >= 0.3 is 0 Å². The van der Waals surface area contributed by atoms with Crippen LogP contribution in [0.2, 0.25) is 0 Å². The van der Waals surface area contributed by atoms with Crippen molar-refractivity contribution in [1.82, 2.24) is 9.97 Å². The molecular weight excluding hydrogens is 279 g/mol. The number of sulfone groups is 1. The van der Waals surface area contributed by atoms with Crippen LogP contribution in [0.25, 0.3) is 22.4 Å². The highest BCUT2D eigenvalue weighted by atomic mass is 32.2. The van der Waals surface area contributed by atoms with Crippen molar-refractivity contribution < 1.29 is 12.8 Å². The number of hydrogen-bond acceptors (Lipinski definition) is 3. The first-order chi connectivity index (χ1) is 9.43. The Labute approximate surface area is 115 Å². The topological polar surface area (TPSA) is 62.8 Å². The number of nitrogens with zero attached hydrogens (tertiary/aromatic N) is 1. The van der Waals surface area contributed by atoms with Gasteiger partial charge in [0.1, 0.15) is 11.6 Å². The van der Waals surface area contributed by atoms with Gasteiger partial charge in [0.05, 0.1) is 15.9 Å². The Morgan fingerprint density at radius 2 is 1.95 bits per heavy atom. The van der Waals surface area contributed by atoms with E-state index in [0.29, 0.717) is 22.4 Å². The number of hydrogen-bond donors (Lipinski definition) is 1. The van der Waals surface area contributed by atoms with E-state index < -0.39 is 9.84 Å². The zero-order valence-corrected chi connectivity index (χ0v) is 11.4. The Balaban J connectivity index is 2.16. The van der Waals surface area contributed by atoms with Crippen molar-refractivity contribution in [2.45, 2.75) is 4.90 Å². The maximum Gasteiger partial charge on any atom is 0.175 e. The molecule has 0 saturated carbocycles. The van der Waals surface area contributed by atoms with Crippen LogP contribution in [-0.4, -0.2) is 24.6 Å². The van der Waals surface area contributed by atoms with Gasteiger partial charge in [0.25, 0.3) is 0 Å². The van der Waals surface area contributed by atoms with Crippen LogP contribution in [0.1, 0.15) is 0 Å². The molecule has 3 aromatic rings. The fourth-order valence-electron chi connectivity index (χ4n) is 1.99. The largest absolute Gasteiger partial charge is 0.338 e. The minimum absolute atomic E-state index is 0.222. The molecule has 3 rings (SSSR count). The van der Waals surface area contributed by atoms with Gasteiger partial charge in [0, 0.05) is 11.8 Å². The van der Waals surface area contributed by atoms with Gasteiger partial charge in [-0.25, -0.2) is 17.8 Å². The van der Waals surface area contributed by atoms with Crippen LogP contribution in [0.4, 0.5) is 4.39 Å². The SMILES string of the molecule is CS(=O)(=O)c1ccc2nc(-c3cccc(F)c3)[nH]c2c1. The van der Waals surface area contributed by atoms with E-state index in [-0.39, 0.29) is 10.7 Å². The summed E-state index contributed by atoms with van der Waals surface area (Å²) in [6.45, 7) is 0. The number of rotatable bonds is 2. The first kappa shape index (κ1) is 12.8. The molecule has 0 spiro atoms. The highest BCUT2D eigenvalue weighted by Crippen LogP contribution is 2.23. The molecule has 2 aromatic carbocycles. The third-order valence-electron chi connectivity index (χ3n) is 2.98. The molecule has 1 N–H and O–H groups in total. The van der Waals surface area contributed by atoms with Crippen molar-refractivity contribution in [2.75, 3.05) is 6.26 Å². The molecule has 1 aromatic heterocycles. The van der Waals surface area contributed by atoms with E-state index in [1.165, 1.54) is 24.3 Å². The van der Waals surface area contributed by atoms with E-state index in [1.807, 2.05) is 0 Å². The maximum atomic E-state index is 13.2. The quantitative estimate of drug-likeness (QED) is 0.789. The van der Waals surface area contributed by atoms with Crippen LogP contribution >= 0.6 is 0 Å². The van der Waals surface area contributed by atoms with Crippen LogP contribution in [0.3, 0.4) is 0 Å². The number of imidazole rings is 1. The molecule has 0 amide bonds. The average molecular weight is 290 g/mol.